The van der Waals surface area contributed by atoms with Gasteiger partial charge in [0.2, 0.25) is 0 Å². The first kappa shape index (κ1) is 23.7. The van der Waals surface area contributed by atoms with Gasteiger partial charge in [-0.1, -0.05) is 13.8 Å². The minimum atomic E-state index is 0. The van der Waals surface area contributed by atoms with Crippen LogP contribution in [0.1, 0.15) is 32.8 Å². The monoisotopic (exact) mass is 491 g/mol. The summed E-state index contributed by atoms with van der Waals surface area (Å²) in [4.78, 5) is 7.24. The smallest absolute Gasteiger partial charge is 0.194 e. The summed E-state index contributed by atoms with van der Waals surface area (Å²) in [7, 11) is 4.92. The Hall–Kier alpha value is -1.38. The van der Waals surface area contributed by atoms with Gasteiger partial charge in [0.25, 0.3) is 0 Å². The number of hydrogen-bond acceptors (Lipinski definition) is 4. The summed E-state index contributed by atoms with van der Waals surface area (Å²) in [6, 6.07) is 3.79. The van der Waals surface area contributed by atoms with Crippen LogP contribution in [0.2, 0.25) is 0 Å². The highest BCUT2D eigenvalue weighted by Gasteiger charge is 2.24. The molecule has 6 nitrogen and oxygen atoms in total. The molecule has 0 aromatic heterocycles. The normalized spacial score (nSPS) is 19.9. The van der Waals surface area contributed by atoms with Crippen molar-refractivity contribution in [2.45, 2.75) is 33.7 Å². The molecule has 0 spiro atoms. The second-order valence-electron chi connectivity index (χ2n) is 7.04. The first-order valence-corrected chi connectivity index (χ1v) is 9.34. The number of nitrogens with one attached hydrogen (secondary N) is 1. The van der Waals surface area contributed by atoms with Gasteiger partial charge in [0.05, 0.1) is 27.9 Å². The lowest BCUT2D eigenvalue weighted by Gasteiger charge is -2.37. The molecule has 2 unspecified atom stereocenters. The van der Waals surface area contributed by atoms with E-state index in [-0.39, 0.29) is 24.0 Å². The average Bonchev–Trinajstić information content (AvgIpc) is 2.63. The van der Waals surface area contributed by atoms with E-state index in [9.17, 15) is 0 Å². The second kappa shape index (κ2) is 11.5. The molecule has 7 heteroatoms. The number of rotatable bonds is 6. The van der Waals surface area contributed by atoms with Crippen LogP contribution in [0.25, 0.3) is 0 Å². The number of guanidine groups is 1. The van der Waals surface area contributed by atoms with E-state index >= 15 is 0 Å². The van der Waals surface area contributed by atoms with Crippen LogP contribution in [-0.4, -0.2) is 51.8 Å². The van der Waals surface area contributed by atoms with E-state index in [1.807, 2.05) is 12.1 Å². The lowest BCUT2D eigenvalue weighted by atomic mass is 9.92. The molecule has 2 rings (SSSR count). The van der Waals surface area contributed by atoms with Crippen molar-refractivity contribution < 1.29 is 14.2 Å². The molecular formula is C20H34IN3O3. The molecule has 0 bridgehead atoms. The van der Waals surface area contributed by atoms with Gasteiger partial charge in [0.1, 0.15) is 5.75 Å². The van der Waals surface area contributed by atoms with E-state index in [1.54, 1.807) is 21.3 Å². The Labute approximate surface area is 180 Å². The standard InChI is InChI=1S/C20H33N3O3.HI/c1-7-21-20(23-12-14(2)8-15(3)13-23)22-11-16-9-18(25-5)19(26-6)10-17(16)24-4;/h9-10,14-15H,7-8,11-13H2,1-6H3,(H,21,22);1H. The van der Waals surface area contributed by atoms with Gasteiger partial charge in [-0.2, -0.15) is 0 Å². The van der Waals surface area contributed by atoms with E-state index in [0.29, 0.717) is 29.9 Å². The van der Waals surface area contributed by atoms with Crippen molar-refractivity contribution >= 4 is 29.9 Å². The Bertz CT molecular complexity index is 615. The molecule has 2 atom stereocenters. The molecule has 154 valence electrons. The van der Waals surface area contributed by atoms with Crippen LogP contribution in [0, 0.1) is 11.8 Å². The van der Waals surface area contributed by atoms with Crippen molar-refractivity contribution in [2.24, 2.45) is 16.8 Å². The van der Waals surface area contributed by atoms with Crippen molar-refractivity contribution in [3.8, 4) is 17.2 Å². The molecule has 0 aliphatic carbocycles. The third-order valence-corrected chi connectivity index (χ3v) is 4.69. The number of nitrogens with zero attached hydrogens (tertiary/aromatic N) is 2. The van der Waals surface area contributed by atoms with Crippen molar-refractivity contribution in [3.63, 3.8) is 0 Å². The van der Waals surface area contributed by atoms with Crippen LogP contribution in [0.15, 0.2) is 17.1 Å². The molecule has 1 aliphatic heterocycles. The molecule has 0 radical (unpaired) electrons. The molecule has 1 saturated heterocycles. The van der Waals surface area contributed by atoms with E-state index in [2.05, 4.69) is 31.0 Å². The van der Waals surface area contributed by atoms with Crippen LogP contribution < -0.4 is 19.5 Å². The van der Waals surface area contributed by atoms with Crippen LogP contribution >= 0.6 is 24.0 Å². The van der Waals surface area contributed by atoms with Gasteiger partial charge >= 0.3 is 0 Å². The fourth-order valence-electron chi connectivity index (χ4n) is 3.64. The Balaban J connectivity index is 0.00000364. The van der Waals surface area contributed by atoms with Gasteiger partial charge in [-0.15, -0.1) is 24.0 Å². The Morgan fingerprint density at radius 3 is 2.11 bits per heavy atom. The van der Waals surface area contributed by atoms with Gasteiger partial charge in [-0.3, -0.25) is 0 Å². The number of aliphatic imine (C=N–C) groups is 1. The average molecular weight is 491 g/mol. The largest absolute Gasteiger partial charge is 0.496 e. The van der Waals surface area contributed by atoms with Gasteiger partial charge in [-0.25, -0.2) is 4.99 Å². The van der Waals surface area contributed by atoms with Crippen LogP contribution in [0.4, 0.5) is 0 Å². The van der Waals surface area contributed by atoms with Crippen molar-refractivity contribution in [1.29, 1.82) is 0 Å². The molecule has 0 amide bonds. The quantitative estimate of drug-likeness (QED) is 0.373. The predicted molar refractivity (Wildman–Crippen MR) is 121 cm³/mol. The fourth-order valence-corrected chi connectivity index (χ4v) is 3.64. The number of piperidine rings is 1. The van der Waals surface area contributed by atoms with Gasteiger partial charge in [0, 0.05) is 31.3 Å². The topological polar surface area (TPSA) is 55.3 Å². The van der Waals surface area contributed by atoms with E-state index in [1.165, 1.54) is 6.42 Å². The lowest BCUT2D eigenvalue weighted by molar-refractivity contribution is 0.208. The summed E-state index contributed by atoms with van der Waals surface area (Å²) in [6.45, 7) is 10.2. The SMILES string of the molecule is CCNC(=NCc1cc(OC)c(OC)cc1OC)N1CC(C)CC(C)C1.I. The summed E-state index contributed by atoms with van der Waals surface area (Å²) in [6.07, 6.45) is 1.28. The Morgan fingerprint density at radius 2 is 1.59 bits per heavy atom. The zero-order chi connectivity index (χ0) is 19.1. The van der Waals surface area contributed by atoms with Gasteiger partial charge in [0.15, 0.2) is 17.5 Å². The highest BCUT2D eigenvalue weighted by atomic mass is 127. The lowest BCUT2D eigenvalue weighted by Crippen LogP contribution is -2.48. The van der Waals surface area contributed by atoms with Crippen LogP contribution in [-0.2, 0) is 6.54 Å². The first-order valence-electron chi connectivity index (χ1n) is 9.34. The molecule has 0 saturated carbocycles. The third kappa shape index (κ3) is 6.33. The Morgan fingerprint density at radius 1 is 1.04 bits per heavy atom. The maximum atomic E-state index is 5.52. The molecule has 1 heterocycles. The number of likely N-dealkylation sites (tertiary alicyclic amines) is 1. The van der Waals surface area contributed by atoms with E-state index < -0.39 is 0 Å². The highest BCUT2D eigenvalue weighted by Crippen LogP contribution is 2.35. The number of benzene rings is 1. The summed E-state index contributed by atoms with van der Waals surface area (Å²) >= 11 is 0. The van der Waals surface area contributed by atoms with Gasteiger partial charge in [-0.05, 0) is 31.2 Å². The van der Waals surface area contributed by atoms with Crippen LogP contribution in [0.3, 0.4) is 0 Å². The fraction of sp³-hybridized carbons (Fsp3) is 0.650. The molecule has 1 fully saturated rings. The first-order chi connectivity index (χ1) is 12.5. The number of ether oxygens (including phenoxy) is 3. The van der Waals surface area contributed by atoms with Gasteiger partial charge < -0.3 is 24.4 Å². The second-order valence-corrected chi connectivity index (χ2v) is 7.04. The summed E-state index contributed by atoms with van der Waals surface area (Å²) in [5.41, 5.74) is 0.971. The molecule has 27 heavy (non-hydrogen) atoms. The Kier molecular flexibility index (Phi) is 10.0. The molecule has 1 aromatic carbocycles. The van der Waals surface area contributed by atoms with Crippen LogP contribution in [0.5, 0.6) is 17.2 Å². The summed E-state index contributed by atoms with van der Waals surface area (Å²) in [5, 5.41) is 3.43. The summed E-state index contributed by atoms with van der Waals surface area (Å²) < 4.78 is 16.3. The maximum absolute atomic E-state index is 5.52. The van der Waals surface area contributed by atoms with Crippen molar-refractivity contribution in [3.05, 3.63) is 17.7 Å². The summed E-state index contributed by atoms with van der Waals surface area (Å²) in [5.74, 6) is 4.41. The number of halogens is 1. The molecule has 1 aromatic rings. The number of methoxy groups -OCH3 is 3. The van der Waals surface area contributed by atoms with Crippen molar-refractivity contribution in [1.82, 2.24) is 10.2 Å². The van der Waals surface area contributed by atoms with E-state index in [4.69, 9.17) is 19.2 Å². The molecule has 1 aliphatic rings. The molecule has 1 N–H and O–H groups in total. The highest BCUT2D eigenvalue weighted by molar-refractivity contribution is 14.0. The predicted octanol–water partition coefficient (Wildman–Crippen LogP) is 3.77. The molecular weight excluding hydrogens is 457 g/mol. The third-order valence-electron chi connectivity index (χ3n) is 4.69. The minimum absolute atomic E-state index is 0. The minimum Gasteiger partial charge on any atom is -0.496 e. The van der Waals surface area contributed by atoms with Crippen molar-refractivity contribution in [2.75, 3.05) is 41.0 Å². The zero-order valence-electron chi connectivity index (χ0n) is 17.4. The zero-order valence-corrected chi connectivity index (χ0v) is 19.7. The number of hydrogen-bond donors (Lipinski definition) is 1. The van der Waals surface area contributed by atoms with E-state index in [0.717, 1.165) is 36.9 Å². The maximum Gasteiger partial charge on any atom is 0.194 e.